The first-order valence-electron chi connectivity index (χ1n) is 4.35. The number of nitrogens with two attached hydrogens (primary N) is 1. The second-order valence-corrected chi connectivity index (χ2v) is 5.22. The molecule has 6 heteroatoms. The molecule has 1 aliphatic rings. The third-order valence-corrected chi connectivity index (χ3v) is 2.48. The van der Waals surface area contributed by atoms with Crippen molar-refractivity contribution in [2.24, 2.45) is 5.73 Å². The standard InChI is InChI=1S/C7H16N2O3S/c1-13(10,11)9-12-7-4-2-6(8)3-5-7/h6-7,9H,2-5,8H2,1H3. The topological polar surface area (TPSA) is 81.4 Å². The predicted molar refractivity (Wildman–Crippen MR) is 49.3 cm³/mol. The molecular weight excluding hydrogens is 192 g/mol. The lowest BCUT2D eigenvalue weighted by Crippen LogP contribution is -2.35. The predicted octanol–water partition coefficient (Wildman–Crippen LogP) is -0.263. The monoisotopic (exact) mass is 208 g/mol. The molecule has 0 heterocycles. The lowest BCUT2D eigenvalue weighted by atomic mass is 9.94. The van der Waals surface area contributed by atoms with E-state index in [9.17, 15) is 8.42 Å². The maximum atomic E-state index is 10.7. The lowest BCUT2D eigenvalue weighted by molar-refractivity contribution is -0.00617. The van der Waals surface area contributed by atoms with Gasteiger partial charge < -0.3 is 5.73 Å². The molecule has 13 heavy (non-hydrogen) atoms. The van der Waals surface area contributed by atoms with E-state index in [-0.39, 0.29) is 12.1 Å². The average Bonchev–Trinajstić information content (AvgIpc) is 2.02. The van der Waals surface area contributed by atoms with Gasteiger partial charge in [0.05, 0.1) is 12.4 Å². The van der Waals surface area contributed by atoms with E-state index in [1.165, 1.54) is 0 Å². The first-order valence-corrected chi connectivity index (χ1v) is 6.24. The van der Waals surface area contributed by atoms with Gasteiger partial charge in [-0.1, -0.05) is 4.89 Å². The van der Waals surface area contributed by atoms with Crippen LogP contribution in [0, 0.1) is 0 Å². The highest BCUT2D eigenvalue weighted by molar-refractivity contribution is 7.88. The molecule has 0 aromatic heterocycles. The van der Waals surface area contributed by atoms with E-state index < -0.39 is 10.0 Å². The second-order valence-electron chi connectivity index (χ2n) is 3.51. The van der Waals surface area contributed by atoms with Crippen LogP contribution in [0.3, 0.4) is 0 Å². The number of hydrogen-bond donors (Lipinski definition) is 2. The van der Waals surface area contributed by atoms with Crippen molar-refractivity contribution in [3.8, 4) is 0 Å². The van der Waals surface area contributed by atoms with Crippen LogP contribution < -0.4 is 10.6 Å². The fraction of sp³-hybridized carbons (Fsp3) is 1.00. The van der Waals surface area contributed by atoms with Gasteiger partial charge in [0.2, 0.25) is 10.0 Å². The maximum absolute atomic E-state index is 10.7. The van der Waals surface area contributed by atoms with Crippen LogP contribution in [0.4, 0.5) is 0 Å². The third-order valence-electron chi connectivity index (χ3n) is 2.09. The van der Waals surface area contributed by atoms with E-state index in [1.807, 2.05) is 4.89 Å². The van der Waals surface area contributed by atoms with Gasteiger partial charge in [-0.25, -0.2) is 8.42 Å². The molecule has 1 rings (SSSR count). The van der Waals surface area contributed by atoms with Crippen LogP contribution in [0.2, 0.25) is 0 Å². The summed E-state index contributed by atoms with van der Waals surface area (Å²) in [7, 11) is -3.24. The second kappa shape index (κ2) is 4.36. The molecule has 0 spiro atoms. The summed E-state index contributed by atoms with van der Waals surface area (Å²) in [5, 5.41) is 0. The molecule has 0 bridgehead atoms. The Morgan fingerprint density at radius 1 is 1.31 bits per heavy atom. The summed E-state index contributed by atoms with van der Waals surface area (Å²) >= 11 is 0. The van der Waals surface area contributed by atoms with Crippen LogP contribution in [0.15, 0.2) is 0 Å². The van der Waals surface area contributed by atoms with E-state index in [0.29, 0.717) is 0 Å². The van der Waals surface area contributed by atoms with Gasteiger partial charge in [-0.05, 0) is 25.7 Å². The van der Waals surface area contributed by atoms with Crippen LogP contribution in [0.5, 0.6) is 0 Å². The van der Waals surface area contributed by atoms with Gasteiger partial charge in [0.25, 0.3) is 0 Å². The van der Waals surface area contributed by atoms with E-state index in [0.717, 1.165) is 31.9 Å². The average molecular weight is 208 g/mol. The van der Waals surface area contributed by atoms with Crippen LogP contribution in [-0.2, 0) is 14.9 Å². The number of sulfonamides is 1. The Morgan fingerprint density at radius 3 is 2.31 bits per heavy atom. The highest BCUT2D eigenvalue weighted by atomic mass is 32.2. The zero-order valence-corrected chi connectivity index (χ0v) is 8.51. The first kappa shape index (κ1) is 10.9. The summed E-state index contributed by atoms with van der Waals surface area (Å²) in [5.74, 6) is 0. The van der Waals surface area contributed by atoms with Gasteiger partial charge >= 0.3 is 0 Å². The van der Waals surface area contributed by atoms with Gasteiger partial charge in [0.1, 0.15) is 0 Å². The van der Waals surface area contributed by atoms with Crippen LogP contribution in [0.1, 0.15) is 25.7 Å². The Labute approximate surface area is 78.6 Å². The van der Waals surface area contributed by atoms with E-state index in [4.69, 9.17) is 10.6 Å². The van der Waals surface area contributed by atoms with Gasteiger partial charge in [0.15, 0.2) is 0 Å². The number of nitrogens with one attached hydrogen (secondary N) is 1. The largest absolute Gasteiger partial charge is 0.328 e. The zero-order chi connectivity index (χ0) is 9.90. The molecule has 0 unspecified atom stereocenters. The molecule has 0 aliphatic heterocycles. The van der Waals surface area contributed by atoms with Crippen molar-refractivity contribution in [1.82, 2.24) is 4.89 Å². The van der Waals surface area contributed by atoms with Crippen LogP contribution >= 0.6 is 0 Å². The minimum atomic E-state index is -3.24. The van der Waals surface area contributed by atoms with E-state index >= 15 is 0 Å². The molecule has 0 saturated heterocycles. The summed E-state index contributed by atoms with van der Waals surface area (Å²) in [6.45, 7) is 0. The molecule has 3 N–H and O–H groups in total. The molecule has 0 amide bonds. The molecule has 0 radical (unpaired) electrons. The molecule has 78 valence electrons. The summed E-state index contributed by atoms with van der Waals surface area (Å²) < 4.78 is 21.4. The Morgan fingerprint density at radius 2 is 1.85 bits per heavy atom. The van der Waals surface area contributed by atoms with Crippen LogP contribution in [0.25, 0.3) is 0 Å². The Bertz CT molecular complexity index is 244. The van der Waals surface area contributed by atoms with E-state index in [2.05, 4.69) is 0 Å². The van der Waals surface area contributed by atoms with E-state index in [1.54, 1.807) is 0 Å². The summed E-state index contributed by atoms with van der Waals surface area (Å²) in [4.78, 5) is 7.04. The van der Waals surface area contributed by atoms with Gasteiger partial charge in [-0.15, -0.1) is 0 Å². The number of rotatable bonds is 3. The minimum Gasteiger partial charge on any atom is -0.328 e. The van der Waals surface area contributed by atoms with Gasteiger partial charge in [-0.3, -0.25) is 4.84 Å². The highest BCUT2D eigenvalue weighted by Crippen LogP contribution is 2.18. The van der Waals surface area contributed by atoms with Crippen molar-refractivity contribution in [3.63, 3.8) is 0 Å². The molecule has 5 nitrogen and oxygen atoms in total. The van der Waals surface area contributed by atoms with Crippen molar-refractivity contribution in [3.05, 3.63) is 0 Å². The van der Waals surface area contributed by atoms with Crippen molar-refractivity contribution < 1.29 is 13.3 Å². The highest BCUT2D eigenvalue weighted by Gasteiger charge is 2.20. The third kappa shape index (κ3) is 4.56. The smallest absolute Gasteiger partial charge is 0.230 e. The van der Waals surface area contributed by atoms with Crippen molar-refractivity contribution in [1.29, 1.82) is 0 Å². The SMILES string of the molecule is CS(=O)(=O)NOC1CCC(N)CC1. The molecule has 0 atom stereocenters. The molecule has 1 fully saturated rings. The van der Waals surface area contributed by atoms with Crippen LogP contribution in [-0.4, -0.2) is 26.8 Å². The van der Waals surface area contributed by atoms with Gasteiger partial charge in [0, 0.05) is 6.04 Å². The normalized spacial score (nSPS) is 30.3. The van der Waals surface area contributed by atoms with Crippen molar-refractivity contribution in [2.45, 2.75) is 37.8 Å². The number of hydrogen-bond acceptors (Lipinski definition) is 4. The summed E-state index contributed by atoms with van der Waals surface area (Å²) in [6, 6.07) is 0.248. The Hall–Kier alpha value is -0.170. The molecule has 0 aromatic carbocycles. The quantitative estimate of drug-likeness (QED) is 0.626. The molecule has 1 saturated carbocycles. The summed E-state index contributed by atoms with van der Waals surface area (Å²) in [6.07, 6.45) is 4.50. The maximum Gasteiger partial charge on any atom is 0.230 e. The molecular formula is C7H16N2O3S. The van der Waals surface area contributed by atoms with Crippen molar-refractivity contribution in [2.75, 3.05) is 6.26 Å². The Balaban J connectivity index is 2.24. The Kier molecular flexibility index (Phi) is 3.66. The fourth-order valence-corrected chi connectivity index (χ4v) is 1.67. The zero-order valence-electron chi connectivity index (χ0n) is 7.69. The first-order chi connectivity index (χ1) is 5.97. The minimum absolute atomic E-state index is 0.0190. The van der Waals surface area contributed by atoms with Gasteiger partial charge in [-0.2, -0.15) is 0 Å². The lowest BCUT2D eigenvalue weighted by Gasteiger charge is -2.25. The fourth-order valence-electron chi connectivity index (χ4n) is 1.36. The van der Waals surface area contributed by atoms with Crippen molar-refractivity contribution >= 4 is 10.0 Å². The molecule has 0 aromatic rings. The molecule has 1 aliphatic carbocycles. The summed E-state index contributed by atoms with van der Waals surface area (Å²) in [5.41, 5.74) is 5.68.